The van der Waals surface area contributed by atoms with Crippen LogP contribution < -0.4 is 0 Å². The van der Waals surface area contributed by atoms with Crippen LogP contribution in [0.25, 0.3) is 0 Å². The number of nitrogens with zero attached hydrogens (tertiary/aromatic N) is 5. The third kappa shape index (κ3) is 3.63. The largest absolute Gasteiger partial charge is 0.383 e. The van der Waals surface area contributed by atoms with Crippen molar-refractivity contribution in [2.45, 2.75) is 37.1 Å². The molecular formula is C17H25N5OS. The van der Waals surface area contributed by atoms with Gasteiger partial charge in [-0.1, -0.05) is 12.5 Å². The van der Waals surface area contributed by atoms with E-state index in [1.54, 1.807) is 13.3 Å². The van der Waals surface area contributed by atoms with Crippen LogP contribution in [-0.2, 0) is 11.3 Å². The number of hydrogen-bond donors (Lipinski definition) is 1. The quantitative estimate of drug-likeness (QED) is 0.814. The molecule has 3 rings (SSSR count). The molecule has 0 saturated carbocycles. The molecule has 0 spiro atoms. The van der Waals surface area contributed by atoms with Crippen molar-refractivity contribution < 1.29 is 4.74 Å². The Bertz CT molecular complexity index is 648. The van der Waals surface area contributed by atoms with Gasteiger partial charge < -0.3 is 9.30 Å². The number of hydrogen-bond acceptors (Lipinski definition) is 6. The van der Waals surface area contributed by atoms with Crippen LogP contribution in [0.3, 0.4) is 0 Å². The van der Waals surface area contributed by atoms with Gasteiger partial charge in [0.15, 0.2) is 11.6 Å². The Hall–Kier alpha value is -1.44. The van der Waals surface area contributed by atoms with Crippen molar-refractivity contribution in [2.24, 2.45) is 0 Å². The number of methoxy groups -OCH3 is 1. The molecule has 2 unspecified atom stereocenters. The summed E-state index contributed by atoms with van der Waals surface area (Å²) in [5, 5.41) is 8.80. The molecule has 1 saturated heterocycles. The highest BCUT2D eigenvalue weighted by Crippen LogP contribution is 2.32. The summed E-state index contributed by atoms with van der Waals surface area (Å²) in [7, 11) is 3.88. The molecule has 0 bridgehead atoms. The van der Waals surface area contributed by atoms with Crippen LogP contribution in [0.1, 0.15) is 47.9 Å². The summed E-state index contributed by atoms with van der Waals surface area (Å²) >= 11 is 4.76. The molecule has 1 aliphatic heterocycles. The fourth-order valence-electron chi connectivity index (χ4n) is 3.26. The highest BCUT2D eigenvalue weighted by atomic mass is 32.1. The van der Waals surface area contributed by atoms with Gasteiger partial charge in [0, 0.05) is 19.9 Å². The number of ether oxygens (including phenoxy) is 1. The first-order valence-electron chi connectivity index (χ1n) is 8.43. The van der Waals surface area contributed by atoms with E-state index in [1.165, 1.54) is 12.8 Å². The van der Waals surface area contributed by atoms with E-state index in [4.69, 9.17) is 17.4 Å². The lowest BCUT2D eigenvalue weighted by atomic mass is 10.0. The summed E-state index contributed by atoms with van der Waals surface area (Å²) in [6.07, 6.45) is 5.37. The molecule has 0 amide bonds. The molecule has 6 nitrogen and oxygen atoms in total. The van der Waals surface area contributed by atoms with Crippen LogP contribution >= 0.6 is 12.6 Å². The second kappa shape index (κ2) is 8.09. The second-order valence-electron chi connectivity index (χ2n) is 6.21. The monoisotopic (exact) mass is 347 g/mol. The van der Waals surface area contributed by atoms with E-state index in [1.807, 2.05) is 18.2 Å². The highest BCUT2D eigenvalue weighted by molar-refractivity contribution is 7.80. The Balaban J connectivity index is 1.94. The SMILES string of the molecule is COCCn1c(C(S)c2ccccn2)nnc1C1CCCCN1C. The van der Waals surface area contributed by atoms with Crippen molar-refractivity contribution in [3.8, 4) is 0 Å². The van der Waals surface area contributed by atoms with Crippen molar-refractivity contribution in [3.05, 3.63) is 41.7 Å². The topological polar surface area (TPSA) is 56.1 Å². The van der Waals surface area contributed by atoms with Gasteiger partial charge in [0.25, 0.3) is 0 Å². The van der Waals surface area contributed by atoms with Crippen molar-refractivity contribution >= 4 is 12.6 Å². The maximum atomic E-state index is 5.29. The zero-order valence-electron chi connectivity index (χ0n) is 14.3. The number of thiol groups is 1. The van der Waals surface area contributed by atoms with Gasteiger partial charge in [-0.25, -0.2) is 0 Å². The van der Waals surface area contributed by atoms with Gasteiger partial charge in [0.05, 0.1) is 18.3 Å². The number of pyridine rings is 1. The molecule has 130 valence electrons. The summed E-state index contributed by atoms with van der Waals surface area (Å²) in [6.45, 7) is 2.45. The molecular weight excluding hydrogens is 322 g/mol. The summed E-state index contributed by atoms with van der Waals surface area (Å²) in [5.41, 5.74) is 0.885. The maximum absolute atomic E-state index is 5.29. The zero-order valence-corrected chi connectivity index (χ0v) is 15.2. The van der Waals surface area contributed by atoms with Crippen LogP contribution in [0.5, 0.6) is 0 Å². The Morgan fingerprint density at radius 3 is 2.92 bits per heavy atom. The first-order valence-corrected chi connectivity index (χ1v) is 8.95. The van der Waals surface area contributed by atoms with E-state index in [2.05, 4.69) is 31.7 Å². The van der Waals surface area contributed by atoms with Gasteiger partial charge in [-0.05, 0) is 38.6 Å². The highest BCUT2D eigenvalue weighted by Gasteiger charge is 2.29. The predicted octanol–water partition coefficient (Wildman–Crippen LogP) is 2.50. The minimum absolute atomic E-state index is 0.196. The lowest BCUT2D eigenvalue weighted by Gasteiger charge is -2.32. The molecule has 2 aromatic heterocycles. The van der Waals surface area contributed by atoms with E-state index < -0.39 is 0 Å². The standard InChI is InChI=1S/C17H25N5OS/c1-21-10-6-4-8-14(21)16-19-20-17(22(16)11-12-23-2)15(24)13-7-3-5-9-18-13/h3,5,7,9,14-15,24H,4,6,8,10-12H2,1-2H3. The number of piperidine rings is 1. The zero-order chi connectivity index (χ0) is 16.9. The number of rotatable bonds is 6. The minimum atomic E-state index is -0.196. The lowest BCUT2D eigenvalue weighted by molar-refractivity contribution is 0.162. The molecule has 1 aliphatic rings. The Morgan fingerprint density at radius 1 is 1.33 bits per heavy atom. The molecule has 0 N–H and O–H groups in total. The van der Waals surface area contributed by atoms with Gasteiger partial charge in [0.2, 0.25) is 0 Å². The van der Waals surface area contributed by atoms with E-state index in [0.717, 1.165) is 36.9 Å². The number of likely N-dealkylation sites (tertiary alicyclic amines) is 1. The molecule has 0 aliphatic carbocycles. The average Bonchev–Trinajstić information content (AvgIpc) is 3.04. The third-order valence-electron chi connectivity index (χ3n) is 4.61. The molecule has 7 heteroatoms. The smallest absolute Gasteiger partial charge is 0.152 e. The van der Waals surface area contributed by atoms with E-state index in [9.17, 15) is 0 Å². The van der Waals surface area contributed by atoms with Crippen LogP contribution in [0, 0.1) is 0 Å². The molecule has 1 fully saturated rings. The fourth-order valence-corrected chi connectivity index (χ4v) is 3.60. The van der Waals surface area contributed by atoms with E-state index in [0.29, 0.717) is 12.6 Å². The van der Waals surface area contributed by atoms with E-state index >= 15 is 0 Å². The van der Waals surface area contributed by atoms with Crippen LogP contribution in [0.2, 0.25) is 0 Å². The molecule has 0 radical (unpaired) electrons. The van der Waals surface area contributed by atoms with Gasteiger partial charge in [0.1, 0.15) is 5.25 Å². The third-order valence-corrected chi connectivity index (χ3v) is 5.10. The average molecular weight is 347 g/mol. The fraction of sp³-hybridized carbons (Fsp3) is 0.588. The normalized spacial score (nSPS) is 20.2. The van der Waals surface area contributed by atoms with E-state index in [-0.39, 0.29) is 5.25 Å². The van der Waals surface area contributed by atoms with Gasteiger partial charge >= 0.3 is 0 Å². The molecule has 24 heavy (non-hydrogen) atoms. The van der Waals surface area contributed by atoms with Crippen molar-refractivity contribution in [1.82, 2.24) is 24.6 Å². The van der Waals surface area contributed by atoms with Gasteiger partial charge in [-0.2, -0.15) is 12.6 Å². The van der Waals surface area contributed by atoms with Crippen LogP contribution in [0.4, 0.5) is 0 Å². The van der Waals surface area contributed by atoms with Crippen molar-refractivity contribution in [2.75, 3.05) is 27.3 Å². The maximum Gasteiger partial charge on any atom is 0.152 e. The summed E-state index contributed by atoms with van der Waals surface area (Å²) in [4.78, 5) is 6.78. The second-order valence-corrected chi connectivity index (χ2v) is 6.73. The minimum Gasteiger partial charge on any atom is -0.383 e. The Labute approximate surface area is 148 Å². The molecule has 0 aromatic carbocycles. The predicted molar refractivity (Wildman–Crippen MR) is 96.2 cm³/mol. The van der Waals surface area contributed by atoms with Crippen LogP contribution in [-0.4, -0.2) is 52.0 Å². The first-order chi connectivity index (χ1) is 11.7. The molecule has 2 aromatic rings. The van der Waals surface area contributed by atoms with Crippen molar-refractivity contribution in [1.29, 1.82) is 0 Å². The van der Waals surface area contributed by atoms with Crippen molar-refractivity contribution in [3.63, 3.8) is 0 Å². The lowest BCUT2D eigenvalue weighted by Crippen LogP contribution is -2.32. The summed E-state index contributed by atoms with van der Waals surface area (Å²) in [6, 6.07) is 6.15. The van der Waals surface area contributed by atoms with Gasteiger partial charge in [-0.3, -0.25) is 9.88 Å². The Morgan fingerprint density at radius 2 is 2.21 bits per heavy atom. The summed E-state index contributed by atoms with van der Waals surface area (Å²) < 4.78 is 7.46. The Kier molecular flexibility index (Phi) is 5.86. The van der Waals surface area contributed by atoms with Crippen LogP contribution in [0.15, 0.2) is 24.4 Å². The summed E-state index contributed by atoms with van der Waals surface area (Å²) in [5.74, 6) is 1.85. The first kappa shape index (κ1) is 17.4. The molecule has 2 atom stereocenters. The van der Waals surface area contributed by atoms with Gasteiger partial charge in [-0.15, -0.1) is 10.2 Å². The molecule has 3 heterocycles. The number of aromatic nitrogens is 4.